The Morgan fingerprint density at radius 1 is 1.29 bits per heavy atom. The number of halogens is 1. The standard InChI is InChI=1S/C18H25ClN2/c1-3-16(14-7-5-4-6-8-14)21-17-10-9-13(2)11-15(17)20-18(21)12-19/h9-11,14,16H,3-8,12H2,1-2H3. The number of nitrogens with zero attached hydrogens (tertiary/aromatic N) is 2. The minimum Gasteiger partial charge on any atom is -0.324 e. The zero-order valence-electron chi connectivity index (χ0n) is 13.1. The van der Waals surface area contributed by atoms with Crippen LogP contribution in [0.3, 0.4) is 0 Å². The molecule has 114 valence electrons. The molecule has 3 rings (SSSR count). The Kier molecular flexibility index (Phi) is 4.54. The van der Waals surface area contributed by atoms with Crippen LogP contribution in [0.2, 0.25) is 0 Å². The van der Waals surface area contributed by atoms with Gasteiger partial charge in [-0.05, 0) is 49.8 Å². The van der Waals surface area contributed by atoms with Gasteiger partial charge in [-0.15, -0.1) is 11.6 Å². The average molecular weight is 305 g/mol. The van der Waals surface area contributed by atoms with Crippen molar-refractivity contribution in [1.82, 2.24) is 9.55 Å². The van der Waals surface area contributed by atoms with Gasteiger partial charge in [-0.3, -0.25) is 0 Å². The van der Waals surface area contributed by atoms with E-state index in [9.17, 15) is 0 Å². The van der Waals surface area contributed by atoms with Gasteiger partial charge in [0.15, 0.2) is 0 Å². The Balaban J connectivity index is 2.07. The molecule has 0 spiro atoms. The third-order valence-corrected chi connectivity index (χ3v) is 5.22. The first kappa shape index (κ1) is 14.9. The molecule has 0 N–H and O–H groups in total. The van der Waals surface area contributed by atoms with Crippen molar-refractivity contribution in [1.29, 1.82) is 0 Å². The smallest absolute Gasteiger partial charge is 0.125 e. The lowest BCUT2D eigenvalue weighted by atomic mass is 9.82. The fourth-order valence-electron chi connectivity index (χ4n) is 3.97. The first-order chi connectivity index (χ1) is 10.2. The van der Waals surface area contributed by atoms with Crippen LogP contribution >= 0.6 is 11.6 Å². The summed E-state index contributed by atoms with van der Waals surface area (Å²) in [7, 11) is 0. The van der Waals surface area contributed by atoms with E-state index in [1.807, 2.05) is 0 Å². The molecule has 1 unspecified atom stereocenters. The van der Waals surface area contributed by atoms with E-state index in [-0.39, 0.29) is 0 Å². The number of fused-ring (bicyclic) bond motifs is 1. The Morgan fingerprint density at radius 2 is 2.05 bits per heavy atom. The minimum atomic E-state index is 0.497. The number of alkyl halides is 1. The molecule has 2 nitrogen and oxygen atoms in total. The Morgan fingerprint density at radius 3 is 2.71 bits per heavy atom. The van der Waals surface area contributed by atoms with E-state index in [4.69, 9.17) is 16.6 Å². The average Bonchev–Trinajstić information content (AvgIpc) is 2.87. The number of aryl methyl sites for hydroxylation is 1. The minimum absolute atomic E-state index is 0.497. The van der Waals surface area contributed by atoms with Crippen LogP contribution in [0.25, 0.3) is 11.0 Å². The highest BCUT2D eigenvalue weighted by atomic mass is 35.5. The third kappa shape index (κ3) is 2.83. The molecule has 1 aromatic carbocycles. The van der Waals surface area contributed by atoms with Crippen molar-refractivity contribution in [3.05, 3.63) is 29.6 Å². The van der Waals surface area contributed by atoms with Crippen molar-refractivity contribution in [2.24, 2.45) is 5.92 Å². The van der Waals surface area contributed by atoms with Crippen molar-refractivity contribution in [3.63, 3.8) is 0 Å². The van der Waals surface area contributed by atoms with Crippen LogP contribution in [-0.2, 0) is 5.88 Å². The second-order valence-corrected chi connectivity index (χ2v) is 6.66. The summed E-state index contributed by atoms with van der Waals surface area (Å²) in [4.78, 5) is 4.79. The summed E-state index contributed by atoms with van der Waals surface area (Å²) in [6.07, 6.45) is 8.02. The molecule has 1 heterocycles. The molecular formula is C18H25ClN2. The Labute approximate surface area is 132 Å². The van der Waals surface area contributed by atoms with Gasteiger partial charge >= 0.3 is 0 Å². The maximum Gasteiger partial charge on any atom is 0.125 e. The zero-order chi connectivity index (χ0) is 14.8. The van der Waals surface area contributed by atoms with Crippen LogP contribution in [0.1, 0.15) is 62.9 Å². The summed E-state index contributed by atoms with van der Waals surface area (Å²) in [5, 5.41) is 0. The van der Waals surface area contributed by atoms with Crippen LogP contribution in [0.15, 0.2) is 18.2 Å². The fraction of sp³-hybridized carbons (Fsp3) is 0.611. The van der Waals surface area contributed by atoms with Crippen LogP contribution in [0, 0.1) is 12.8 Å². The number of rotatable bonds is 4. The lowest BCUT2D eigenvalue weighted by molar-refractivity contribution is 0.244. The third-order valence-electron chi connectivity index (χ3n) is 4.98. The van der Waals surface area contributed by atoms with Gasteiger partial charge in [0.1, 0.15) is 5.82 Å². The topological polar surface area (TPSA) is 17.8 Å². The van der Waals surface area contributed by atoms with E-state index in [2.05, 4.69) is 36.6 Å². The second-order valence-electron chi connectivity index (χ2n) is 6.40. The van der Waals surface area contributed by atoms with Crippen molar-refractivity contribution in [2.45, 2.75) is 64.3 Å². The number of imidazole rings is 1. The number of hydrogen-bond donors (Lipinski definition) is 0. The van der Waals surface area contributed by atoms with Gasteiger partial charge in [-0.25, -0.2) is 4.98 Å². The molecular weight excluding hydrogens is 280 g/mol. The Hall–Kier alpha value is -1.02. The molecule has 0 saturated heterocycles. The maximum atomic E-state index is 6.20. The quantitative estimate of drug-likeness (QED) is 0.671. The predicted molar refractivity (Wildman–Crippen MR) is 89.9 cm³/mol. The maximum absolute atomic E-state index is 6.20. The van der Waals surface area contributed by atoms with Gasteiger partial charge in [-0.1, -0.05) is 32.3 Å². The molecule has 1 saturated carbocycles. The molecule has 0 radical (unpaired) electrons. The zero-order valence-corrected chi connectivity index (χ0v) is 13.9. The number of aromatic nitrogens is 2. The molecule has 0 amide bonds. The lowest BCUT2D eigenvalue weighted by Crippen LogP contribution is -2.22. The number of hydrogen-bond acceptors (Lipinski definition) is 1. The molecule has 1 aliphatic rings. The monoisotopic (exact) mass is 304 g/mol. The largest absolute Gasteiger partial charge is 0.324 e. The van der Waals surface area contributed by atoms with Gasteiger partial charge < -0.3 is 4.57 Å². The van der Waals surface area contributed by atoms with Gasteiger partial charge in [0.05, 0.1) is 16.9 Å². The fourth-order valence-corrected chi connectivity index (χ4v) is 4.16. The van der Waals surface area contributed by atoms with Crippen molar-refractivity contribution >= 4 is 22.6 Å². The highest BCUT2D eigenvalue weighted by Crippen LogP contribution is 2.37. The molecule has 1 aromatic heterocycles. The van der Waals surface area contributed by atoms with E-state index < -0.39 is 0 Å². The van der Waals surface area contributed by atoms with Crippen LogP contribution in [0.5, 0.6) is 0 Å². The summed E-state index contributed by atoms with van der Waals surface area (Å²) >= 11 is 6.20. The van der Waals surface area contributed by atoms with E-state index in [0.29, 0.717) is 11.9 Å². The predicted octanol–water partition coefficient (Wildman–Crippen LogP) is 5.61. The molecule has 3 heteroatoms. The van der Waals surface area contributed by atoms with Crippen LogP contribution in [0.4, 0.5) is 0 Å². The second kappa shape index (κ2) is 6.39. The Bertz CT molecular complexity index is 611. The molecule has 21 heavy (non-hydrogen) atoms. The normalized spacial score (nSPS) is 18.2. The summed E-state index contributed by atoms with van der Waals surface area (Å²) in [6.45, 7) is 4.43. The van der Waals surface area contributed by atoms with E-state index in [0.717, 1.165) is 23.7 Å². The summed E-state index contributed by atoms with van der Waals surface area (Å²) in [5.41, 5.74) is 3.62. The van der Waals surface area contributed by atoms with Gasteiger partial charge in [-0.2, -0.15) is 0 Å². The van der Waals surface area contributed by atoms with Crippen molar-refractivity contribution in [3.8, 4) is 0 Å². The molecule has 0 aliphatic heterocycles. The van der Waals surface area contributed by atoms with Gasteiger partial charge in [0.2, 0.25) is 0 Å². The van der Waals surface area contributed by atoms with Crippen LogP contribution in [-0.4, -0.2) is 9.55 Å². The summed E-state index contributed by atoms with van der Waals surface area (Å²) in [6, 6.07) is 7.13. The first-order valence-electron chi connectivity index (χ1n) is 8.28. The molecule has 2 aromatic rings. The van der Waals surface area contributed by atoms with Gasteiger partial charge in [0, 0.05) is 6.04 Å². The van der Waals surface area contributed by atoms with E-state index in [1.54, 1.807) is 0 Å². The van der Waals surface area contributed by atoms with Gasteiger partial charge in [0.25, 0.3) is 0 Å². The molecule has 0 bridgehead atoms. The van der Waals surface area contributed by atoms with Crippen LogP contribution < -0.4 is 0 Å². The summed E-state index contributed by atoms with van der Waals surface area (Å²) in [5.74, 6) is 2.32. The van der Waals surface area contributed by atoms with Crippen molar-refractivity contribution in [2.75, 3.05) is 0 Å². The van der Waals surface area contributed by atoms with Crippen molar-refractivity contribution < 1.29 is 0 Å². The molecule has 1 aliphatic carbocycles. The highest BCUT2D eigenvalue weighted by Gasteiger charge is 2.26. The lowest BCUT2D eigenvalue weighted by Gasteiger charge is -2.32. The van der Waals surface area contributed by atoms with E-state index >= 15 is 0 Å². The number of benzene rings is 1. The SMILES string of the molecule is CCC(C1CCCCC1)n1c(CCl)nc2cc(C)ccc21. The highest BCUT2D eigenvalue weighted by molar-refractivity contribution is 6.16. The molecule has 1 atom stereocenters. The molecule has 1 fully saturated rings. The first-order valence-corrected chi connectivity index (χ1v) is 8.81. The van der Waals surface area contributed by atoms with E-state index in [1.165, 1.54) is 43.2 Å². The summed E-state index contributed by atoms with van der Waals surface area (Å²) < 4.78 is 2.44.